The molecule has 0 spiro atoms. The lowest BCUT2D eigenvalue weighted by Crippen LogP contribution is -2.44. The van der Waals surface area contributed by atoms with Crippen molar-refractivity contribution in [3.05, 3.63) is 0 Å². The molecule has 0 aromatic heterocycles. The highest BCUT2D eigenvalue weighted by Crippen LogP contribution is 2.39. The van der Waals surface area contributed by atoms with Crippen molar-refractivity contribution < 1.29 is 14.7 Å². The smallest absolute Gasteiger partial charge is 0.326 e. The van der Waals surface area contributed by atoms with Gasteiger partial charge in [0.25, 0.3) is 0 Å². The molecule has 1 aliphatic carbocycles. The minimum atomic E-state index is -0.945. The highest BCUT2D eigenvalue weighted by molar-refractivity contribution is 5.84. The van der Waals surface area contributed by atoms with Gasteiger partial charge >= 0.3 is 5.97 Å². The van der Waals surface area contributed by atoms with Crippen molar-refractivity contribution in [3.63, 3.8) is 0 Å². The van der Waals surface area contributed by atoms with E-state index in [1.165, 1.54) is 0 Å². The molecule has 0 aliphatic heterocycles. The molecule has 2 N–H and O–H groups in total. The molecule has 110 valence electrons. The van der Waals surface area contributed by atoms with Gasteiger partial charge in [0, 0.05) is 5.92 Å². The molecule has 0 heterocycles. The van der Waals surface area contributed by atoms with Gasteiger partial charge in [-0.25, -0.2) is 4.79 Å². The third-order valence-corrected chi connectivity index (χ3v) is 4.35. The molecule has 1 rings (SSSR count). The molecule has 0 saturated heterocycles. The standard InChI is InChI=1S/C15H27NO3/c1-5-12(14(18)19)16-13(17)10-6-8-11(9-7-10)15(2,3)4/h10-12H,5-9H2,1-4H3,(H,16,17)(H,18,19). The molecule has 1 aliphatic rings. The number of aliphatic carboxylic acids is 1. The molecule has 1 amide bonds. The summed E-state index contributed by atoms with van der Waals surface area (Å²) in [7, 11) is 0. The first-order chi connectivity index (χ1) is 8.75. The molecule has 0 aromatic carbocycles. The highest BCUT2D eigenvalue weighted by Gasteiger charge is 2.33. The molecule has 0 bridgehead atoms. The van der Waals surface area contributed by atoms with E-state index in [9.17, 15) is 9.59 Å². The van der Waals surface area contributed by atoms with Gasteiger partial charge in [0.2, 0.25) is 5.91 Å². The Morgan fingerprint density at radius 1 is 1.21 bits per heavy atom. The number of amides is 1. The van der Waals surface area contributed by atoms with Gasteiger partial charge < -0.3 is 10.4 Å². The summed E-state index contributed by atoms with van der Waals surface area (Å²) in [6, 6.07) is -0.743. The lowest BCUT2D eigenvalue weighted by atomic mass is 9.69. The monoisotopic (exact) mass is 269 g/mol. The maximum atomic E-state index is 12.1. The van der Waals surface area contributed by atoms with E-state index in [1.54, 1.807) is 6.92 Å². The number of hydrogen-bond donors (Lipinski definition) is 2. The Bertz CT molecular complexity index is 325. The average Bonchev–Trinajstić information content (AvgIpc) is 2.34. The molecular formula is C15H27NO3. The van der Waals surface area contributed by atoms with Crippen LogP contribution in [0, 0.1) is 17.3 Å². The van der Waals surface area contributed by atoms with Gasteiger partial charge in [-0.15, -0.1) is 0 Å². The van der Waals surface area contributed by atoms with Crippen LogP contribution in [-0.2, 0) is 9.59 Å². The van der Waals surface area contributed by atoms with Crippen LogP contribution in [0.2, 0.25) is 0 Å². The molecule has 1 fully saturated rings. The Morgan fingerprint density at radius 2 is 1.74 bits per heavy atom. The summed E-state index contributed by atoms with van der Waals surface area (Å²) >= 11 is 0. The first-order valence-corrected chi connectivity index (χ1v) is 7.28. The van der Waals surface area contributed by atoms with Crippen LogP contribution >= 0.6 is 0 Å². The number of hydrogen-bond acceptors (Lipinski definition) is 2. The number of carboxylic acids is 1. The van der Waals surface area contributed by atoms with Crippen molar-refractivity contribution in [2.75, 3.05) is 0 Å². The Morgan fingerprint density at radius 3 is 2.11 bits per heavy atom. The third-order valence-electron chi connectivity index (χ3n) is 4.35. The van der Waals surface area contributed by atoms with Crippen molar-refractivity contribution in [1.82, 2.24) is 5.32 Å². The summed E-state index contributed by atoms with van der Waals surface area (Å²) in [5, 5.41) is 11.6. The second kappa shape index (κ2) is 6.40. The maximum Gasteiger partial charge on any atom is 0.326 e. The average molecular weight is 269 g/mol. The molecule has 0 radical (unpaired) electrons. The normalized spacial score (nSPS) is 25.7. The van der Waals surface area contributed by atoms with Crippen LogP contribution in [-0.4, -0.2) is 23.0 Å². The molecular weight excluding hydrogens is 242 g/mol. The predicted octanol–water partition coefficient (Wildman–Crippen LogP) is 2.82. The molecule has 4 heteroatoms. The number of carbonyl (C=O) groups is 2. The van der Waals surface area contributed by atoms with Crippen LogP contribution < -0.4 is 5.32 Å². The fraction of sp³-hybridized carbons (Fsp3) is 0.867. The fourth-order valence-electron chi connectivity index (χ4n) is 2.85. The number of rotatable bonds is 4. The van der Waals surface area contributed by atoms with Crippen molar-refractivity contribution in [3.8, 4) is 0 Å². The zero-order valence-electron chi connectivity index (χ0n) is 12.5. The SMILES string of the molecule is CCC(NC(=O)C1CCC(C(C)(C)C)CC1)C(=O)O. The van der Waals surface area contributed by atoms with Gasteiger partial charge in [0.05, 0.1) is 0 Å². The summed E-state index contributed by atoms with van der Waals surface area (Å²) in [6.45, 7) is 8.51. The zero-order chi connectivity index (χ0) is 14.6. The van der Waals surface area contributed by atoms with Crippen LogP contribution in [0.5, 0.6) is 0 Å². The topological polar surface area (TPSA) is 66.4 Å². The Kier molecular flexibility index (Phi) is 5.39. The van der Waals surface area contributed by atoms with Gasteiger partial charge in [-0.05, 0) is 43.4 Å². The summed E-state index contributed by atoms with van der Waals surface area (Å²) in [5.74, 6) is -0.370. The van der Waals surface area contributed by atoms with Crippen LogP contribution in [0.1, 0.15) is 59.8 Å². The number of nitrogens with one attached hydrogen (secondary N) is 1. The van der Waals surface area contributed by atoms with Gasteiger partial charge in [-0.2, -0.15) is 0 Å². The Labute approximate surface area is 116 Å². The van der Waals surface area contributed by atoms with Gasteiger partial charge in [-0.3, -0.25) is 4.79 Å². The molecule has 4 nitrogen and oxygen atoms in total. The van der Waals surface area contributed by atoms with E-state index in [4.69, 9.17) is 5.11 Å². The van der Waals surface area contributed by atoms with E-state index >= 15 is 0 Å². The van der Waals surface area contributed by atoms with Crippen LogP contribution in [0.4, 0.5) is 0 Å². The lowest BCUT2D eigenvalue weighted by molar-refractivity contribution is -0.142. The summed E-state index contributed by atoms with van der Waals surface area (Å²) < 4.78 is 0. The Balaban J connectivity index is 2.47. The second-order valence-corrected chi connectivity index (χ2v) is 6.72. The van der Waals surface area contributed by atoms with E-state index in [2.05, 4.69) is 26.1 Å². The van der Waals surface area contributed by atoms with E-state index in [0.29, 0.717) is 17.8 Å². The van der Waals surface area contributed by atoms with Crippen molar-refractivity contribution in [2.45, 2.75) is 65.8 Å². The number of carboxylic acid groups (broad SMARTS) is 1. The summed E-state index contributed by atoms with van der Waals surface area (Å²) in [4.78, 5) is 23.0. The quantitative estimate of drug-likeness (QED) is 0.824. The van der Waals surface area contributed by atoms with Crippen molar-refractivity contribution >= 4 is 11.9 Å². The minimum absolute atomic E-state index is 0.00741. The summed E-state index contributed by atoms with van der Waals surface area (Å²) in [6.07, 6.45) is 4.31. The second-order valence-electron chi connectivity index (χ2n) is 6.72. The minimum Gasteiger partial charge on any atom is -0.480 e. The van der Waals surface area contributed by atoms with E-state index in [0.717, 1.165) is 25.7 Å². The summed E-state index contributed by atoms with van der Waals surface area (Å²) in [5.41, 5.74) is 0.300. The third kappa shape index (κ3) is 4.51. The van der Waals surface area contributed by atoms with Crippen LogP contribution in [0.15, 0.2) is 0 Å². The molecule has 1 saturated carbocycles. The number of carbonyl (C=O) groups excluding carboxylic acids is 1. The first kappa shape index (κ1) is 16.0. The maximum absolute atomic E-state index is 12.1. The van der Waals surface area contributed by atoms with Gasteiger partial charge in [-0.1, -0.05) is 27.7 Å². The predicted molar refractivity (Wildman–Crippen MR) is 74.8 cm³/mol. The zero-order valence-corrected chi connectivity index (χ0v) is 12.5. The van der Waals surface area contributed by atoms with Crippen LogP contribution in [0.3, 0.4) is 0 Å². The van der Waals surface area contributed by atoms with E-state index < -0.39 is 12.0 Å². The first-order valence-electron chi connectivity index (χ1n) is 7.28. The Hall–Kier alpha value is -1.06. The van der Waals surface area contributed by atoms with E-state index in [1.807, 2.05) is 0 Å². The lowest BCUT2D eigenvalue weighted by Gasteiger charge is -2.36. The molecule has 1 atom stereocenters. The van der Waals surface area contributed by atoms with Crippen LogP contribution in [0.25, 0.3) is 0 Å². The van der Waals surface area contributed by atoms with Crippen molar-refractivity contribution in [1.29, 1.82) is 0 Å². The van der Waals surface area contributed by atoms with Gasteiger partial charge in [0.15, 0.2) is 0 Å². The molecule has 1 unspecified atom stereocenters. The molecule has 19 heavy (non-hydrogen) atoms. The highest BCUT2D eigenvalue weighted by atomic mass is 16.4. The van der Waals surface area contributed by atoms with Gasteiger partial charge in [0.1, 0.15) is 6.04 Å². The van der Waals surface area contributed by atoms with Crippen molar-refractivity contribution in [2.24, 2.45) is 17.3 Å². The fourth-order valence-corrected chi connectivity index (χ4v) is 2.85. The van der Waals surface area contributed by atoms with E-state index in [-0.39, 0.29) is 11.8 Å². The molecule has 0 aromatic rings. The largest absolute Gasteiger partial charge is 0.480 e.